The van der Waals surface area contributed by atoms with Gasteiger partial charge in [0.25, 0.3) is 5.91 Å². The van der Waals surface area contributed by atoms with Crippen molar-refractivity contribution in [3.63, 3.8) is 0 Å². The molecule has 0 fully saturated rings. The van der Waals surface area contributed by atoms with Crippen LogP contribution in [0.3, 0.4) is 0 Å². The summed E-state index contributed by atoms with van der Waals surface area (Å²) in [6.45, 7) is 1.93. The number of carbonyl (C=O) groups is 1. The molecule has 2 nitrogen and oxygen atoms in total. The van der Waals surface area contributed by atoms with E-state index in [0.29, 0.717) is 10.6 Å². The lowest BCUT2D eigenvalue weighted by Crippen LogP contribution is -2.14. The van der Waals surface area contributed by atoms with Crippen molar-refractivity contribution >= 4 is 61.7 Å². The number of rotatable bonds is 2. The molecular formula is C14H10BrClINO. The van der Waals surface area contributed by atoms with Gasteiger partial charge in [0.15, 0.2) is 0 Å². The molecule has 0 saturated carbocycles. The number of halogens is 3. The summed E-state index contributed by atoms with van der Waals surface area (Å²) in [7, 11) is 0. The van der Waals surface area contributed by atoms with Crippen LogP contribution in [0.5, 0.6) is 0 Å². The Bertz CT molecular complexity index is 645. The molecule has 2 rings (SSSR count). The molecule has 0 aromatic heterocycles. The Morgan fingerprint density at radius 1 is 1.26 bits per heavy atom. The first-order valence-corrected chi connectivity index (χ1v) is 7.75. The SMILES string of the molecule is Cc1ccc(Cl)cc1NC(=O)c1cc(Br)ccc1I. The van der Waals surface area contributed by atoms with Crippen LogP contribution >= 0.6 is 50.1 Å². The van der Waals surface area contributed by atoms with Gasteiger partial charge in [-0.2, -0.15) is 0 Å². The van der Waals surface area contributed by atoms with Crippen LogP contribution in [0, 0.1) is 10.5 Å². The summed E-state index contributed by atoms with van der Waals surface area (Å²) in [5.41, 5.74) is 2.34. The number of aryl methyl sites for hydroxylation is 1. The third-order valence-electron chi connectivity index (χ3n) is 2.62. The van der Waals surface area contributed by atoms with Crippen molar-refractivity contribution in [2.24, 2.45) is 0 Å². The third kappa shape index (κ3) is 3.70. The Kier molecular flexibility index (Phi) is 4.86. The van der Waals surface area contributed by atoms with Gasteiger partial charge in [-0.1, -0.05) is 33.6 Å². The number of amides is 1. The number of nitrogens with one attached hydrogen (secondary N) is 1. The summed E-state index contributed by atoms with van der Waals surface area (Å²) in [5, 5.41) is 3.49. The van der Waals surface area contributed by atoms with E-state index in [1.54, 1.807) is 18.2 Å². The maximum Gasteiger partial charge on any atom is 0.256 e. The standard InChI is InChI=1S/C14H10BrClINO/c1-8-2-4-10(16)7-13(8)18-14(19)11-6-9(15)3-5-12(11)17/h2-7H,1H3,(H,18,19). The molecule has 2 aromatic rings. The molecule has 0 spiro atoms. The highest BCUT2D eigenvalue weighted by Crippen LogP contribution is 2.23. The van der Waals surface area contributed by atoms with Gasteiger partial charge in [0.2, 0.25) is 0 Å². The summed E-state index contributed by atoms with van der Waals surface area (Å²) < 4.78 is 1.78. The zero-order valence-corrected chi connectivity index (χ0v) is 14.5. The summed E-state index contributed by atoms with van der Waals surface area (Å²) in [5.74, 6) is -0.143. The van der Waals surface area contributed by atoms with Crippen LogP contribution in [-0.2, 0) is 0 Å². The molecule has 1 N–H and O–H groups in total. The first-order valence-electron chi connectivity index (χ1n) is 5.50. The van der Waals surface area contributed by atoms with Gasteiger partial charge in [-0.05, 0) is 65.4 Å². The lowest BCUT2D eigenvalue weighted by molar-refractivity contribution is 0.102. The Hall–Kier alpha value is -0.590. The van der Waals surface area contributed by atoms with Crippen LogP contribution in [0.4, 0.5) is 5.69 Å². The second kappa shape index (κ2) is 6.24. The maximum atomic E-state index is 12.3. The van der Waals surface area contributed by atoms with Crippen molar-refractivity contribution in [3.05, 3.63) is 60.6 Å². The molecule has 0 aliphatic carbocycles. The van der Waals surface area contributed by atoms with E-state index in [1.807, 2.05) is 25.1 Å². The minimum atomic E-state index is -0.143. The molecule has 1 amide bonds. The fourth-order valence-corrected chi connectivity index (χ4v) is 2.70. The van der Waals surface area contributed by atoms with Crippen molar-refractivity contribution in [1.29, 1.82) is 0 Å². The lowest BCUT2D eigenvalue weighted by Gasteiger charge is -2.10. The molecule has 0 aliphatic rings. The predicted octanol–water partition coefficient (Wildman–Crippen LogP) is 5.27. The second-order valence-electron chi connectivity index (χ2n) is 4.04. The molecule has 0 unspecified atom stereocenters. The smallest absolute Gasteiger partial charge is 0.256 e. The Labute approximate surface area is 138 Å². The van der Waals surface area contributed by atoms with Gasteiger partial charge in [-0.3, -0.25) is 4.79 Å². The van der Waals surface area contributed by atoms with E-state index in [1.165, 1.54) is 0 Å². The molecule has 0 heterocycles. The highest BCUT2D eigenvalue weighted by molar-refractivity contribution is 14.1. The van der Waals surface area contributed by atoms with E-state index in [4.69, 9.17) is 11.6 Å². The van der Waals surface area contributed by atoms with E-state index in [2.05, 4.69) is 43.8 Å². The van der Waals surface area contributed by atoms with Crippen LogP contribution in [0.2, 0.25) is 5.02 Å². The maximum absolute atomic E-state index is 12.3. The number of carbonyl (C=O) groups excluding carboxylic acids is 1. The second-order valence-corrected chi connectivity index (χ2v) is 6.55. The highest BCUT2D eigenvalue weighted by atomic mass is 127. The van der Waals surface area contributed by atoms with Crippen LogP contribution < -0.4 is 5.32 Å². The fourth-order valence-electron chi connectivity index (χ4n) is 1.59. The molecule has 98 valence electrons. The zero-order chi connectivity index (χ0) is 14.0. The van der Waals surface area contributed by atoms with Gasteiger partial charge in [-0.15, -0.1) is 0 Å². The molecule has 19 heavy (non-hydrogen) atoms. The van der Waals surface area contributed by atoms with E-state index in [9.17, 15) is 4.79 Å². The van der Waals surface area contributed by atoms with Gasteiger partial charge in [-0.25, -0.2) is 0 Å². The van der Waals surface area contributed by atoms with E-state index >= 15 is 0 Å². The summed E-state index contributed by atoms with van der Waals surface area (Å²) in [4.78, 5) is 12.3. The zero-order valence-electron chi connectivity index (χ0n) is 10.0. The summed E-state index contributed by atoms with van der Waals surface area (Å²) >= 11 is 11.5. The molecule has 5 heteroatoms. The quantitative estimate of drug-likeness (QED) is 0.621. The van der Waals surface area contributed by atoms with E-state index in [-0.39, 0.29) is 5.91 Å². The first-order chi connectivity index (χ1) is 8.97. The minimum absolute atomic E-state index is 0.143. The van der Waals surface area contributed by atoms with Crippen LogP contribution in [-0.4, -0.2) is 5.91 Å². The molecule has 0 bridgehead atoms. The first kappa shape index (κ1) is 14.8. The lowest BCUT2D eigenvalue weighted by atomic mass is 10.1. The normalized spacial score (nSPS) is 10.3. The van der Waals surface area contributed by atoms with Crippen molar-refractivity contribution in [3.8, 4) is 0 Å². The number of anilines is 1. The average molecular weight is 451 g/mol. The van der Waals surface area contributed by atoms with Crippen molar-refractivity contribution in [1.82, 2.24) is 0 Å². The topological polar surface area (TPSA) is 29.1 Å². The Morgan fingerprint density at radius 3 is 2.74 bits per heavy atom. The monoisotopic (exact) mass is 449 g/mol. The number of hydrogen-bond acceptors (Lipinski definition) is 1. The number of hydrogen-bond donors (Lipinski definition) is 1. The van der Waals surface area contributed by atoms with E-state index < -0.39 is 0 Å². The van der Waals surface area contributed by atoms with Crippen molar-refractivity contribution in [2.45, 2.75) is 6.92 Å². The average Bonchev–Trinajstić information content (AvgIpc) is 2.36. The fraction of sp³-hybridized carbons (Fsp3) is 0.0714. The predicted molar refractivity (Wildman–Crippen MR) is 91.0 cm³/mol. The van der Waals surface area contributed by atoms with Crippen LogP contribution in [0.25, 0.3) is 0 Å². The molecule has 0 aliphatic heterocycles. The molecule has 0 radical (unpaired) electrons. The van der Waals surface area contributed by atoms with E-state index in [0.717, 1.165) is 19.3 Å². The van der Waals surface area contributed by atoms with Gasteiger partial charge in [0.05, 0.1) is 5.56 Å². The molecule has 0 saturated heterocycles. The van der Waals surface area contributed by atoms with Crippen LogP contribution in [0.15, 0.2) is 40.9 Å². The van der Waals surface area contributed by atoms with Gasteiger partial charge in [0, 0.05) is 18.8 Å². The molecule has 2 aromatic carbocycles. The van der Waals surface area contributed by atoms with Gasteiger partial charge >= 0.3 is 0 Å². The van der Waals surface area contributed by atoms with Crippen molar-refractivity contribution in [2.75, 3.05) is 5.32 Å². The Balaban J connectivity index is 2.30. The Morgan fingerprint density at radius 2 is 2.00 bits per heavy atom. The van der Waals surface area contributed by atoms with Crippen LogP contribution in [0.1, 0.15) is 15.9 Å². The van der Waals surface area contributed by atoms with Gasteiger partial charge in [0.1, 0.15) is 0 Å². The molecular weight excluding hydrogens is 440 g/mol. The van der Waals surface area contributed by atoms with Gasteiger partial charge < -0.3 is 5.32 Å². The largest absolute Gasteiger partial charge is 0.322 e. The summed E-state index contributed by atoms with van der Waals surface area (Å²) in [6, 6.07) is 11.0. The summed E-state index contributed by atoms with van der Waals surface area (Å²) in [6.07, 6.45) is 0. The minimum Gasteiger partial charge on any atom is -0.322 e. The highest BCUT2D eigenvalue weighted by Gasteiger charge is 2.12. The third-order valence-corrected chi connectivity index (χ3v) is 4.29. The molecule has 0 atom stereocenters. The number of benzene rings is 2. The van der Waals surface area contributed by atoms with Crippen molar-refractivity contribution < 1.29 is 4.79 Å².